The normalized spacial score (nSPS) is 12.2. The molecule has 0 spiro atoms. The van der Waals surface area contributed by atoms with E-state index in [1.54, 1.807) is 0 Å². The summed E-state index contributed by atoms with van der Waals surface area (Å²) in [5.74, 6) is -0.0491. The molecule has 0 heterocycles. The maximum atomic E-state index is 11.8. The molecular weight excluding hydrogens is 356 g/mol. The molecule has 0 amide bonds. The molecule has 0 N–H and O–H groups in total. The van der Waals surface area contributed by atoms with E-state index in [0.29, 0.717) is 13.0 Å². The number of carbonyl (C=O) groups excluding carboxylic acids is 1. The molecule has 0 aliphatic heterocycles. The predicted octanol–water partition coefficient (Wildman–Crippen LogP) is 8.87. The molecule has 0 fully saturated rings. The maximum absolute atomic E-state index is 11.8. The lowest BCUT2D eigenvalue weighted by molar-refractivity contribution is -0.142. The average molecular weight is 405 g/mol. The van der Waals surface area contributed by atoms with Crippen LogP contribution in [0.3, 0.4) is 0 Å². The van der Waals surface area contributed by atoms with Gasteiger partial charge in [-0.1, -0.05) is 87.2 Å². The molecule has 0 saturated carbocycles. The van der Waals surface area contributed by atoms with Crippen molar-refractivity contribution in [3.8, 4) is 0 Å². The number of rotatable bonds is 18. The van der Waals surface area contributed by atoms with Gasteiger partial charge in [0.1, 0.15) is 6.61 Å². The van der Waals surface area contributed by atoms with Crippen LogP contribution in [0, 0.1) is 0 Å². The van der Waals surface area contributed by atoms with E-state index in [1.807, 2.05) is 0 Å². The van der Waals surface area contributed by atoms with Crippen LogP contribution in [0.5, 0.6) is 0 Å². The Labute approximate surface area is 181 Å². The number of carbonyl (C=O) groups is 1. The fourth-order valence-electron chi connectivity index (χ4n) is 3.27. The third-order valence-corrected chi connectivity index (χ3v) is 5.28. The van der Waals surface area contributed by atoms with Crippen LogP contribution in [0.2, 0.25) is 0 Å². The van der Waals surface area contributed by atoms with Crippen LogP contribution in [0.15, 0.2) is 34.9 Å². The summed E-state index contributed by atoms with van der Waals surface area (Å²) in [5.41, 5.74) is 4.15. The van der Waals surface area contributed by atoms with Crippen molar-refractivity contribution < 1.29 is 9.53 Å². The van der Waals surface area contributed by atoms with Gasteiger partial charge in [-0.05, 0) is 65.9 Å². The van der Waals surface area contributed by atoms with Crippen molar-refractivity contribution in [2.45, 2.75) is 125 Å². The third-order valence-electron chi connectivity index (χ3n) is 5.28. The smallest absolute Gasteiger partial charge is 0.306 e. The Morgan fingerprint density at radius 1 is 0.655 bits per heavy atom. The van der Waals surface area contributed by atoms with Gasteiger partial charge in [0.25, 0.3) is 0 Å². The Hall–Kier alpha value is -1.31. The van der Waals surface area contributed by atoms with Crippen LogP contribution in [-0.2, 0) is 9.53 Å². The summed E-state index contributed by atoms with van der Waals surface area (Å²) in [6.45, 7) is 11.3. The molecule has 0 saturated heterocycles. The molecule has 0 aliphatic rings. The Morgan fingerprint density at radius 3 is 1.76 bits per heavy atom. The van der Waals surface area contributed by atoms with Gasteiger partial charge in [0.15, 0.2) is 0 Å². The molecule has 0 radical (unpaired) electrons. The summed E-state index contributed by atoms with van der Waals surface area (Å²) >= 11 is 0. The molecule has 0 aromatic carbocycles. The van der Waals surface area contributed by atoms with Gasteiger partial charge < -0.3 is 4.74 Å². The summed E-state index contributed by atoms with van der Waals surface area (Å²) in [6.07, 6.45) is 23.1. The van der Waals surface area contributed by atoms with Crippen LogP contribution in [0.4, 0.5) is 0 Å². The molecule has 2 nitrogen and oxygen atoms in total. The van der Waals surface area contributed by atoms with Gasteiger partial charge in [0, 0.05) is 6.42 Å². The van der Waals surface area contributed by atoms with Crippen molar-refractivity contribution in [3.63, 3.8) is 0 Å². The monoisotopic (exact) mass is 404 g/mol. The second-order valence-electron chi connectivity index (χ2n) is 8.72. The largest absolute Gasteiger partial charge is 0.461 e. The second kappa shape index (κ2) is 20.0. The molecular formula is C27H48O2. The fraction of sp³-hybridized carbons (Fsp3) is 0.741. The zero-order chi connectivity index (χ0) is 21.7. The highest BCUT2D eigenvalue weighted by atomic mass is 16.5. The first kappa shape index (κ1) is 27.7. The van der Waals surface area contributed by atoms with E-state index >= 15 is 0 Å². The predicted molar refractivity (Wildman–Crippen MR) is 128 cm³/mol. The Kier molecular flexibility index (Phi) is 19.1. The molecule has 0 aromatic heterocycles. The first-order valence-corrected chi connectivity index (χ1v) is 12.1. The van der Waals surface area contributed by atoms with Gasteiger partial charge in [0.05, 0.1) is 0 Å². The molecule has 0 atom stereocenters. The highest BCUT2D eigenvalue weighted by Gasteiger charge is 2.02. The summed E-state index contributed by atoms with van der Waals surface area (Å²) in [7, 11) is 0. The lowest BCUT2D eigenvalue weighted by atomic mass is 10.1. The Bertz CT molecular complexity index is 493. The third kappa shape index (κ3) is 21.2. The molecule has 0 aromatic rings. The first-order chi connectivity index (χ1) is 14.0. The molecule has 29 heavy (non-hydrogen) atoms. The van der Waals surface area contributed by atoms with Crippen molar-refractivity contribution in [1.29, 1.82) is 0 Å². The Balaban J connectivity index is 3.67. The summed E-state index contributed by atoms with van der Waals surface area (Å²) in [4.78, 5) is 11.8. The van der Waals surface area contributed by atoms with E-state index in [-0.39, 0.29) is 5.97 Å². The lowest BCUT2D eigenvalue weighted by Gasteiger charge is -2.04. The van der Waals surface area contributed by atoms with Crippen LogP contribution in [0.25, 0.3) is 0 Å². The molecule has 0 rings (SSSR count). The SMILES string of the molecule is CCCCCCCCCCCC(=O)OC/C=C(/C)CC/C=C(\C)CCC=C(C)C. The summed E-state index contributed by atoms with van der Waals surface area (Å²) in [6, 6.07) is 0. The number of unbranched alkanes of at least 4 members (excludes halogenated alkanes) is 8. The van der Waals surface area contributed by atoms with Gasteiger partial charge in [-0.25, -0.2) is 0 Å². The number of hydrogen-bond acceptors (Lipinski definition) is 2. The zero-order valence-electron chi connectivity index (χ0n) is 20.2. The van der Waals surface area contributed by atoms with E-state index in [9.17, 15) is 4.79 Å². The standard InChI is InChI=1S/C27H48O2/c1-6-7-8-9-10-11-12-13-14-21-27(28)29-23-22-26(5)20-16-19-25(4)18-15-17-24(2)3/h17,19,22H,6-16,18,20-21,23H2,1-5H3/b25-19+,26-22-. The van der Waals surface area contributed by atoms with Gasteiger partial charge in [-0.15, -0.1) is 0 Å². The minimum Gasteiger partial charge on any atom is -0.461 e. The van der Waals surface area contributed by atoms with Gasteiger partial charge >= 0.3 is 5.97 Å². The fourth-order valence-corrected chi connectivity index (χ4v) is 3.27. The van der Waals surface area contributed by atoms with Crippen molar-refractivity contribution in [2.24, 2.45) is 0 Å². The van der Waals surface area contributed by atoms with E-state index in [4.69, 9.17) is 4.74 Å². The highest BCUT2D eigenvalue weighted by molar-refractivity contribution is 5.69. The molecule has 0 aliphatic carbocycles. The maximum Gasteiger partial charge on any atom is 0.306 e. The topological polar surface area (TPSA) is 26.3 Å². The first-order valence-electron chi connectivity index (χ1n) is 12.1. The van der Waals surface area contributed by atoms with Crippen molar-refractivity contribution >= 4 is 5.97 Å². The van der Waals surface area contributed by atoms with Crippen LogP contribution in [0.1, 0.15) is 125 Å². The number of ether oxygens (including phenoxy) is 1. The van der Waals surface area contributed by atoms with Crippen molar-refractivity contribution in [2.75, 3.05) is 6.61 Å². The Morgan fingerprint density at radius 2 is 1.17 bits per heavy atom. The number of hydrogen-bond donors (Lipinski definition) is 0. The molecule has 0 bridgehead atoms. The van der Waals surface area contributed by atoms with Crippen molar-refractivity contribution in [1.82, 2.24) is 0 Å². The molecule has 168 valence electrons. The second-order valence-corrected chi connectivity index (χ2v) is 8.72. The highest BCUT2D eigenvalue weighted by Crippen LogP contribution is 2.12. The van der Waals surface area contributed by atoms with E-state index in [0.717, 1.165) is 38.5 Å². The lowest BCUT2D eigenvalue weighted by Crippen LogP contribution is -2.04. The van der Waals surface area contributed by atoms with Crippen LogP contribution >= 0.6 is 0 Å². The van der Waals surface area contributed by atoms with E-state index < -0.39 is 0 Å². The van der Waals surface area contributed by atoms with Gasteiger partial charge in [-0.2, -0.15) is 0 Å². The van der Waals surface area contributed by atoms with Crippen LogP contribution in [-0.4, -0.2) is 12.6 Å². The average Bonchev–Trinajstić information content (AvgIpc) is 2.66. The summed E-state index contributed by atoms with van der Waals surface area (Å²) < 4.78 is 5.35. The van der Waals surface area contributed by atoms with Gasteiger partial charge in [-0.3, -0.25) is 4.79 Å². The van der Waals surface area contributed by atoms with E-state index in [2.05, 4.69) is 52.8 Å². The van der Waals surface area contributed by atoms with E-state index in [1.165, 1.54) is 61.7 Å². The molecule has 2 heteroatoms. The quantitative estimate of drug-likeness (QED) is 0.129. The minimum absolute atomic E-state index is 0.0491. The van der Waals surface area contributed by atoms with Crippen molar-refractivity contribution in [3.05, 3.63) is 34.9 Å². The van der Waals surface area contributed by atoms with Crippen LogP contribution < -0.4 is 0 Å². The zero-order valence-corrected chi connectivity index (χ0v) is 20.2. The number of esters is 1. The minimum atomic E-state index is -0.0491. The summed E-state index contributed by atoms with van der Waals surface area (Å²) in [5, 5.41) is 0. The number of allylic oxidation sites excluding steroid dienone is 5. The molecule has 0 unspecified atom stereocenters. The van der Waals surface area contributed by atoms with Gasteiger partial charge in [0.2, 0.25) is 0 Å².